The van der Waals surface area contributed by atoms with Gasteiger partial charge in [0.05, 0.1) is 0 Å². The summed E-state index contributed by atoms with van der Waals surface area (Å²) in [5.41, 5.74) is 1.42. The van der Waals surface area contributed by atoms with Crippen LogP contribution in [0.4, 0.5) is 0 Å². The van der Waals surface area contributed by atoms with Gasteiger partial charge >= 0.3 is 0 Å². The summed E-state index contributed by atoms with van der Waals surface area (Å²) in [5, 5.41) is 3.17. The molecule has 0 saturated carbocycles. The van der Waals surface area contributed by atoms with E-state index in [0.29, 0.717) is 37.1 Å². The first-order valence-electron chi connectivity index (χ1n) is 6.73. The highest BCUT2D eigenvalue weighted by atomic mass is 16.1. The van der Waals surface area contributed by atoms with E-state index in [1.165, 1.54) is 0 Å². The van der Waals surface area contributed by atoms with Gasteiger partial charge in [-0.15, -0.1) is 10.9 Å². The molecule has 0 aromatic heterocycles. The molecule has 0 unspecified atom stereocenters. The van der Waals surface area contributed by atoms with Gasteiger partial charge in [0.15, 0.2) is 11.6 Å². The van der Waals surface area contributed by atoms with Crippen LogP contribution in [0.3, 0.4) is 0 Å². The van der Waals surface area contributed by atoms with Crippen LogP contribution in [0.2, 0.25) is 0 Å². The van der Waals surface area contributed by atoms with Crippen LogP contribution in [-0.4, -0.2) is 56.0 Å². The van der Waals surface area contributed by atoms with Crippen molar-refractivity contribution in [2.24, 2.45) is 0 Å². The highest BCUT2D eigenvalue weighted by Gasteiger charge is 2.34. The molecule has 0 saturated heterocycles. The van der Waals surface area contributed by atoms with Crippen molar-refractivity contribution in [2.75, 3.05) is 13.1 Å². The molecule has 2 aliphatic rings. The van der Waals surface area contributed by atoms with Crippen molar-refractivity contribution in [3.05, 3.63) is 22.3 Å². The van der Waals surface area contributed by atoms with E-state index < -0.39 is 0 Å². The van der Waals surface area contributed by atoms with E-state index in [9.17, 15) is 9.59 Å². The zero-order valence-electron chi connectivity index (χ0n) is 11.5. The SMILES string of the molecule is [B]c1c([B])c([B])c2c(c1[B])C(=O)C1=C(CCNCC1)C2=O. The number of carbonyl (C=O) groups excluding carboxylic acids is 2. The smallest absolute Gasteiger partial charge is 0.189 e. The lowest BCUT2D eigenvalue weighted by Crippen LogP contribution is -2.53. The molecular weight excluding hydrogens is 257 g/mol. The first-order valence-corrected chi connectivity index (χ1v) is 6.73. The Morgan fingerprint density at radius 2 is 1.05 bits per heavy atom. The van der Waals surface area contributed by atoms with Crippen LogP contribution >= 0.6 is 0 Å². The zero-order valence-corrected chi connectivity index (χ0v) is 11.5. The molecule has 1 aromatic carbocycles. The number of nitrogens with one attached hydrogen (secondary N) is 1. The Bertz CT molecular complexity index is 665. The summed E-state index contributed by atoms with van der Waals surface area (Å²) in [6.45, 7) is 1.29. The maximum absolute atomic E-state index is 12.7. The van der Waals surface area contributed by atoms with Gasteiger partial charge in [-0.1, -0.05) is 10.9 Å². The number of rotatable bonds is 0. The molecule has 1 N–H and O–H groups in total. The lowest BCUT2D eigenvalue weighted by molar-refractivity contribution is 0.0972. The Balaban J connectivity index is 2.32. The molecule has 0 atom stereocenters. The molecular formula is C14H9B4NO2. The largest absolute Gasteiger partial charge is 0.316 e. The molecule has 0 bridgehead atoms. The summed E-state index contributed by atoms with van der Waals surface area (Å²) in [5.74, 6) is -0.529. The molecule has 0 fully saturated rings. The van der Waals surface area contributed by atoms with E-state index in [1.807, 2.05) is 0 Å². The number of fused-ring (bicyclic) bond motifs is 1. The highest BCUT2D eigenvalue weighted by molar-refractivity contribution is 6.65. The molecule has 21 heavy (non-hydrogen) atoms. The van der Waals surface area contributed by atoms with Gasteiger partial charge in [-0.05, 0) is 25.9 Å². The van der Waals surface area contributed by atoms with Crippen LogP contribution in [0, 0.1) is 0 Å². The number of benzene rings is 1. The molecule has 3 rings (SSSR count). The van der Waals surface area contributed by atoms with Crippen LogP contribution in [0.1, 0.15) is 33.6 Å². The summed E-state index contributed by atoms with van der Waals surface area (Å²) < 4.78 is 0. The van der Waals surface area contributed by atoms with Crippen LogP contribution in [-0.2, 0) is 0 Å². The molecule has 7 heteroatoms. The minimum Gasteiger partial charge on any atom is -0.316 e. The van der Waals surface area contributed by atoms with E-state index in [0.717, 1.165) is 0 Å². The van der Waals surface area contributed by atoms with Gasteiger partial charge in [0.1, 0.15) is 31.4 Å². The van der Waals surface area contributed by atoms with Gasteiger partial charge in [-0.3, -0.25) is 9.59 Å². The number of hydrogen-bond acceptors (Lipinski definition) is 3. The maximum atomic E-state index is 12.7. The van der Waals surface area contributed by atoms with E-state index >= 15 is 0 Å². The van der Waals surface area contributed by atoms with Gasteiger partial charge in [-0.25, -0.2) is 0 Å². The highest BCUT2D eigenvalue weighted by Crippen LogP contribution is 2.28. The molecule has 0 spiro atoms. The van der Waals surface area contributed by atoms with Crippen molar-refractivity contribution < 1.29 is 9.59 Å². The predicted octanol–water partition coefficient (Wildman–Crippen LogP) is -3.08. The molecule has 0 amide bonds. The topological polar surface area (TPSA) is 46.2 Å². The van der Waals surface area contributed by atoms with Crippen LogP contribution in [0.25, 0.3) is 0 Å². The lowest BCUT2D eigenvalue weighted by Gasteiger charge is -2.26. The fourth-order valence-electron chi connectivity index (χ4n) is 2.96. The second-order valence-corrected chi connectivity index (χ2v) is 5.27. The summed E-state index contributed by atoms with van der Waals surface area (Å²) in [7, 11) is 23.4. The van der Waals surface area contributed by atoms with Crippen LogP contribution in [0.15, 0.2) is 11.1 Å². The Hall–Kier alpha value is -1.48. The van der Waals surface area contributed by atoms with Gasteiger partial charge in [0.25, 0.3) is 0 Å². The van der Waals surface area contributed by atoms with Gasteiger partial charge in [-0.2, -0.15) is 0 Å². The van der Waals surface area contributed by atoms with Gasteiger partial charge < -0.3 is 5.32 Å². The van der Waals surface area contributed by atoms with Crippen molar-refractivity contribution >= 4 is 64.8 Å². The Morgan fingerprint density at radius 3 is 1.43 bits per heavy atom. The monoisotopic (exact) mass is 267 g/mol. The average molecular weight is 266 g/mol. The number of hydrogen-bond donors (Lipinski definition) is 1. The fraction of sp³-hybridized carbons (Fsp3) is 0.286. The molecule has 94 valence electrons. The molecule has 3 nitrogen and oxygen atoms in total. The first kappa shape index (κ1) is 14.5. The summed E-state index contributed by atoms with van der Waals surface area (Å²) in [6.07, 6.45) is 0.978. The lowest BCUT2D eigenvalue weighted by atomic mass is 9.60. The van der Waals surface area contributed by atoms with E-state index in [-0.39, 0.29) is 44.5 Å². The molecule has 1 heterocycles. The number of Topliss-reactive ketones (excluding diaryl/α,β-unsaturated/α-hetero) is 2. The Kier molecular flexibility index (Phi) is 3.48. The molecule has 1 aromatic rings. The Labute approximate surface area is 128 Å². The third-order valence-corrected chi connectivity index (χ3v) is 4.13. The first-order chi connectivity index (χ1) is 9.95. The third-order valence-electron chi connectivity index (χ3n) is 4.13. The molecule has 1 aliphatic heterocycles. The van der Waals surface area contributed by atoms with Crippen molar-refractivity contribution in [3.8, 4) is 0 Å². The second kappa shape index (κ2) is 5.06. The summed E-state index contributed by atoms with van der Waals surface area (Å²) in [4.78, 5) is 25.4. The maximum Gasteiger partial charge on any atom is 0.189 e. The normalized spacial score (nSPS) is 18.3. The Morgan fingerprint density at radius 1 is 0.667 bits per heavy atom. The minimum atomic E-state index is -0.265. The molecule has 1 aliphatic carbocycles. The van der Waals surface area contributed by atoms with E-state index in [2.05, 4.69) is 5.32 Å². The number of ketones is 2. The van der Waals surface area contributed by atoms with Crippen LogP contribution in [0.5, 0.6) is 0 Å². The quantitative estimate of drug-likeness (QED) is 0.507. The predicted molar refractivity (Wildman–Crippen MR) is 85.8 cm³/mol. The van der Waals surface area contributed by atoms with Crippen molar-refractivity contribution in [1.29, 1.82) is 0 Å². The van der Waals surface area contributed by atoms with Crippen LogP contribution < -0.4 is 27.2 Å². The van der Waals surface area contributed by atoms with Gasteiger partial charge in [0, 0.05) is 22.3 Å². The second-order valence-electron chi connectivity index (χ2n) is 5.27. The van der Waals surface area contributed by atoms with E-state index in [4.69, 9.17) is 31.4 Å². The van der Waals surface area contributed by atoms with Crippen molar-refractivity contribution in [1.82, 2.24) is 5.32 Å². The molecule has 8 radical (unpaired) electrons. The average Bonchev–Trinajstić information content (AvgIpc) is 2.72. The summed E-state index contributed by atoms with van der Waals surface area (Å²) >= 11 is 0. The third kappa shape index (κ3) is 1.98. The number of carbonyl (C=O) groups is 2. The van der Waals surface area contributed by atoms with E-state index in [1.54, 1.807) is 0 Å². The standard InChI is InChI=1S/C14H9B4NO2/c15-9-7-8(10(16)12(18)11(9)17)14(21)6-2-4-19-3-1-5(6)13(7)20/h19H,1-4H2. The van der Waals surface area contributed by atoms with Gasteiger partial charge in [0.2, 0.25) is 0 Å². The van der Waals surface area contributed by atoms with Crippen molar-refractivity contribution in [3.63, 3.8) is 0 Å². The summed E-state index contributed by atoms with van der Waals surface area (Å²) in [6, 6.07) is 0. The minimum absolute atomic E-state index is 0.0406. The van der Waals surface area contributed by atoms with Crippen molar-refractivity contribution in [2.45, 2.75) is 12.8 Å². The zero-order chi connectivity index (χ0) is 15.3. The fourth-order valence-corrected chi connectivity index (χ4v) is 2.96.